The molecular weight excluding hydrogens is 1510 g/mol. The van der Waals surface area contributed by atoms with Crippen LogP contribution in [-0.4, -0.2) is 291 Å². The molecule has 3 aromatic rings. The summed E-state index contributed by atoms with van der Waals surface area (Å²) in [5.41, 5.74) is 7.70. The van der Waals surface area contributed by atoms with Crippen LogP contribution >= 0.6 is 25.7 Å². The number of carbonyl (C=O) groups is 15. The zero-order valence-corrected chi connectivity index (χ0v) is 68.2. The van der Waals surface area contributed by atoms with Gasteiger partial charge in [0.2, 0.25) is 23.6 Å². The predicted molar refractivity (Wildman–Crippen MR) is 465 cm³/mol. The first-order chi connectivity index (χ1) is 54.5. The first-order valence-electron chi connectivity index (χ1n) is 37.1. The minimum absolute atomic E-state index is 0.0163. The molecule has 17 radical (unpaired) electrons. The summed E-state index contributed by atoms with van der Waals surface area (Å²) in [7, 11) is 46.2. The van der Waals surface area contributed by atoms with E-state index in [1.54, 1.807) is 105 Å². The Balaban J connectivity index is 1.89. The van der Waals surface area contributed by atoms with Crippen LogP contribution in [0.4, 0.5) is 0 Å². The van der Waals surface area contributed by atoms with Gasteiger partial charge in [0.25, 0.3) is 0 Å². The second kappa shape index (κ2) is 53.3. The Morgan fingerprint density at radius 2 is 0.739 bits per heavy atom. The molecule has 8 unspecified atom stereocenters. The summed E-state index contributed by atoms with van der Waals surface area (Å²) in [5, 5.41) is 34.9. The van der Waals surface area contributed by atoms with E-state index >= 15 is 0 Å². The van der Waals surface area contributed by atoms with E-state index in [-0.39, 0.29) is 77.7 Å². The molecule has 0 bridgehead atoms. The number of nitrogens with two attached hydrogens (primary N) is 1. The number of hydrogen-bond donors (Lipinski definition) is 14. The van der Waals surface area contributed by atoms with Gasteiger partial charge in [-0.2, -0.15) is 0 Å². The Hall–Kier alpha value is -8.02. The van der Waals surface area contributed by atoms with Crippen molar-refractivity contribution < 1.29 is 71.9 Å². The minimum atomic E-state index is -2.86. The van der Waals surface area contributed by atoms with E-state index < -0.39 is 216 Å². The molecule has 0 aromatic heterocycles. The molecule has 0 aliphatic heterocycles. The van der Waals surface area contributed by atoms with Crippen molar-refractivity contribution in [2.75, 3.05) is 45.8 Å². The van der Waals surface area contributed by atoms with Gasteiger partial charge in [-0.3, -0.25) is 24.0 Å². The second-order valence-corrected chi connectivity index (χ2v) is 35.2. The van der Waals surface area contributed by atoms with Crippen LogP contribution in [0.5, 0.6) is 0 Å². The number of benzene rings is 3. The van der Waals surface area contributed by atoms with Gasteiger partial charge in [0.15, 0.2) is 0 Å². The van der Waals surface area contributed by atoms with E-state index in [1.807, 2.05) is 27.7 Å². The molecule has 15 N–H and O–H groups in total. The van der Waals surface area contributed by atoms with Crippen molar-refractivity contribution in [2.24, 2.45) is 23.5 Å². The fourth-order valence-electron chi connectivity index (χ4n) is 11.3. The molecule has 115 heavy (non-hydrogen) atoms. The molecule has 47 heteroatoms. The molecule has 0 aliphatic carbocycles. The van der Waals surface area contributed by atoms with E-state index in [4.69, 9.17) is 75.1 Å². The summed E-state index contributed by atoms with van der Waals surface area (Å²) in [5.74, 6) is -12.7. The summed E-state index contributed by atoms with van der Waals surface area (Å²) in [6, 6.07) is 19.7. The normalized spacial score (nSPS) is 13.1. The molecule has 29 nitrogen and oxygen atoms in total. The molecule has 587 valence electrons. The SMILES string of the molecule is [B]B=S(=B[B])(B([B])[B])C(=O)CNCC(CC(C)C)NC(=O)C(Cc1ccccc1)NC(=O)CNC(=O)C(CCC(=O)NCC(=O)NC(Cc1ccccc1)C(=O)NC(CC(C)C)C(=O)NCC(=O)S(=B[B])(=B[B])B([B])[B])NC(=O)C(N)CCC(=O)NCC(=O)NC(Cc1ccccc1)C(=O)NC(CC(C)C)C(=O)NCC(=O)P=C=[B]. The molecule has 3 rings (SSSR count). The summed E-state index contributed by atoms with van der Waals surface area (Å²) in [6.45, 7) is 7.58. The molecule has 0 aliphatic rings. The Labute approximate surface area is 690 Å². The van der Waals surface area contributed by atoms with E-state index in [0.717, 1.165) is 24.2 Å². The Morgan fingerprint density at radius 3 is 1.11 bits per heavy atom. The first kappa shape index (κ1) is 101. The summed E-state index contributed by atoms with van der Waals surface area (Å²) in [4.78, 5) is 204. The van der Waals surface area contributed by atoms with E-state index in [2.05, 4.69) is 74.5 Å². The van der Waals surface area contributed by atoms with Gasteiger partial charge in [0.1, 0.15) is 6.04 Å². The van der Waals surface area contributed by atoms with E-state index in [9.17, 15) is 71.9 Å². The van der Waals surface area contributed by atoms with Crippen LogP contribution in [0, 0.1) is 17.8 Å². The molecule has 8 atom stereocenters. The van der Waals surface area contributed by atoms with Crippen molar-refractivity contribution in [3.05, 3.63) is 108 Å². The molecule has 0 spiro atoms. The molecule has 0 fully saturated rings. The molecule has 0 saturated carbocycles. The number of carbonyl (C=O) groups excluding carboxylic acids is 15. The van der Waals surface area contributed by atoms with Crippen LogP contribution in [0.15, 0.2) is 91.0 Å². The first-order valence-corrected chi connectivity index (χ1v) is 41.7. The third-order valence-corrected chi connectivity index (χ3v) is 23.5. The average Bonchev–Trinajstić information content (AvgIpc) is 0.826. The van der Waals surface area contributed by atoms with Gasteiger partial charge in [-0.25, -0.2) is 0 Å². The zero-order chi connectivity index (χ0) is 86.0. The van der Waals surface area contributed by atoms with Crippen LogP contribution < -0.4 is 74.9 Å². The second-order valence-electron chi connectivity index (χ2n) is 28.1. The number of hydrogen-bond acceptors (Lipinski definition) is 17. The van der Waals surface area contributed by atoms with E-state index in [1.165, 1.54) is 0 Å². The van der Waals surface area contributed by atoms with E-state index in [0.29, 0.717) is 23.1 Å². The van der Waals surface area contributed by atoms with Crippen LogP contribution in [0.1, 0.15) is 103 Å². The molecule has 0 heterocycles. The topological polar surface area (TPSA) is 438 Å². The third kappa shape index (κ3) is 37.0. The van der Waals surface area contributed by atoms with Crippen LogP contribution in [-0.2, 0) is 91.2 Å². The standard InChI is InChI=1S/C68H93B15N14O15PS2/c1-40(2)26-46(32-85-37-60(104)114(78-70,79-71)82(74)75)91-66(110)51(29-43-16-10-7-11-17-43)92-58(102)35-88-63(107)48(23-25-55(99)87-34-57(101)94-53(31-45-20-14-9-15-21-45)68(112)97-50(28-42(5)6)65(109)90-38-61(105)115(80-72,81-73)83(76)77)95-62(106)47(84)22-24-54(98)86-33-56(100)93-52(30-44-18-12-8-13-19-44)67(111)96-49(27-41(3)4)64(108)89-36-59(103)113-39-69/h7-21,40-42,46-53,85H,22-38,84H2,1-6H3,(H,86,98)(H,87,99)(H,88,107)(H,89,108)(H,90,109)(H,91,110)(H,92,102)(H,93,100)(H,94,101)(H,95,106)(H,96,111)(H,97,112). The third-order valence-electron chi connectivity index (χ3n) is 17.5. The predicted octanol–water partition coefficient (Wildman–Crippen LogP) is -6.30. The van der Waals surface area contributed by atoms with Crippen LogP contribution in [0.25, 0.3) is 0 Å². The van der Waals surface area contributed by atoms with Gasteiger partial charge in [0, 0.05) is 12.8 Å². The van der Waals surface area contributed by atoms with Gasteiger partial charge in [-0.05, 0) is 12.8 Å². The zero-order valence-electron chi connectivity index (χ0n) is 65.7. The Kier molecular flexibility index (Phi) is 46.9. The molecule has 12 amide bonds. The van der Waals surface area contributed by atoms with Crippen molar-refractivity contribution in [1.82, 2.24) is 69.1 Å². The fourth-order valence-corrected chi connectivity index (χ4v) is 14.4. The van der Waals surface area contributed by atoms with Gasteiger partial charge in [-0.1, -0.05) is 66.7 Å². The molecular formula is C68H93B15N14O15PS2. The fraction of sp³-hybridized carbons (Fsp3) is 0.500. The summed E-state index contributed by atoms with van der Waals surface area (Å²) in [6.07, 6.45) is -1.56. The number of rotatable bonds is 49. The van der Waals surface area contributed by atoms with Crippen molar-refractivity contribution in [3.63, 3.8) is 0 Å². The Morgan fingerprint density at radius 1 is 0.400 bits per heavy atom. The summed E-state index contributed by atoms with van der Waals surface area (Å²) >= 11 is 0. The molecule has 3 aromatic carbocycles. The Bertz CT molecular complexity index is 4160. The van der Waals surface area contributed by atoms with Crippen molar-refractivity contribution in [3.8, 4) is 0 Å². The number of amides is 12. The van der Waals surface area contributed by atoms with Gasteiger partial charge >= 0.3 is 509 Å². The maximum atomic E-state index is 14.3. The van der Waals surface area contributed by atoms with Gasteiger partial charge in [0.05, 0.1) is 12.6 Å². The van der Waals surface area contributed by atoms with Crippen molar-refractivity contribution in [2.45, 2.75) is 154 Å². The number of nitrogens with one attached hydrogen (secondary N) is 13. The van der Waals surface area contributed by atoms with Crippen LogP contribution in [0.3, 0.4) is 0 Å². The van der Waals surface area contributed by atoms with Gasteiger partial charge in [-0.15, -0.1) is 0 Å². The van der Waals surface area contributed by atoms with Gasteiger partial charge < -0.3 is 27.0 Å². The average molecular weight is 1600 g/mol. The summed E-state index contributed by atoms with van der Waals surface area (Å²) < 4.78 is 0. The monoisotopic (exact) mass is 1610 g/mol. The quantitative estimate of drug-likeness (QED) is 0.0185. The van der Waals surface area contributed by atoms with Crippen molar-refractivity contribution in [1.29, 1.82) is 0 Å². The van der Waals surface area contributed by atoms with Crippen LogP contribution in [0.2, 0.25) is 0 Å². The van der Waals surface area contributed by atoms with Crippen molar-refractivity contribution >= 4 is 223 Å². The maximum absolute atomic E-state index is 14.3. The molecule has 0 saturated heterocycles.